The fraction of sp³-hybridized carbons (Fsp3) is 0.556. The number of nitrogens with two attached hydrogens (primary N) is 1. The lowest BCUT2D eigenvalue weighted by molar-refractivity contribution is 0.0949. The van der Waals surface area contributed by atoms with Gasteiger partial charge in [0.1, 0.15) is 5.69 Å². The van der Waals surface area contributed by atoms with Crippen LogP contribution in [-0.4, -0.2) is 34.2 Å². The Balaban J connectivity index is 2.34. The summed E-state index contributed by atoms with van der Waals surface area (Å²) < 4.78 is 0. The maximum absolute atomic E-state index is 11.5. The summed E-state index contributed by atoms with van der Waals surface area (Å²) in [6.45, 7) is 2.78. The molecule has 0 aliphatic heterocycles. The van der Waals surface area contributed by atoms with Gasteiger partial charge in [-0.05, 0) is 12.7 Å². The van der Waals surface area contributed by atoms with Crippen LogP contribution in [0.4, 0.5) is 5.69 Å². The van der Waals surface area contributed by atoms with Crippen LogP contribution >= 0.6 is 11.8 Å². The van der Waals surface area contributed by atoms with Gasteiger partial charge in [-0.3, -0.25) is 9.89 Å². The average Bonchev–Trinajstić information content (AvgIpc) is 2.64. The zero-order chi connectivity index (χ0) is 11.3. The summed E-state index contributed by atoms with van der Waals surface area (Å²) in [5, 5.41) is 9.59. The lowest BCUT2D eigenvalue weighted by Crippen LogP contribution is -2.27. The van der Waals surface area contributed by atoms with Crippen LogP contribution in [0.2, 0.25) is 0 Å². The van der Waals surface area contributed by atoms with Gasteiger partial charge < -0.3 is 11.1 Å². The number of hydrogen-bond acceptors (Lipinski definition) is 4. The monoisotopic (exact) mass is 228 g/mol. The summed E-state index contributed by atoms with van der Waals surface area (Å²) in [5.41, 5.74) is 6.26. The van der Waals surface area contributed by atoms with E-state index in [2.05, 4.69) is 28.7 Å². The molecule has 0 saturated heterocycles. The molecule has 1 heterocycles. The van der Waals surface area contributed by atoms with Gasteiger partial charge in [0.15, 0.2) is 0 Å². The molecule has 6 heteroatoms. The Hall–Kier alpha value is -1.17. The van der Waals surface area contributed by atoms with Crippen LogP contribution in [0.15, 0.2) is 6.20 Å². The third-order valence-corrected chi connectivity index (χ3v) is 3.17. The van der Waals surface area contributed by atoms with Crippen molar-refractivity contribution in [1.29, 1.82) is 0 Å². The SMILES string of the molecule is CSC(C)CCNC(=O)c1[nH]ncc1N. The van der Waals surface area contributed by atoms with Gasteiger partial charge in [-0.25, -0.2) is 0 Å². The molecule has 0 aromatic carbocycles. The number of aromatic nitrogens is 2. The summed E-state index contributed by atoms with van der Waals surface area (Å²) in [6.07, 6.45) is 4.43. The Kier molecular flexibility index (Phi) is 4.48. The lowest BCUT2D eigenvalue weighted by Gasteiger charge is -2.08. The number of nitrogen functional groups attached to an aromatic ring is 1. The maximum Gasteiger partial charge on any atom is 0.271 e. The summed E-state index contributed by atoms with van der Waals surface area (Å²) in [4.78, 5) is 11.5. The van der Waals surface area contributed by atoms with Gasteiger partial charge in [-0.15, -0.1) is 0 Å². The number of carbonyl (C=O) groups is 1. The Morgan fingerprint density at radius 3 is 3.07 bits per heavy atom. The minimum absolute atomic E-state index is 0.196. The number of thioether (sulfide) groups is 1. The van der Waals surface area contributed by atoms with Crippen molar-refractivity contribution in [3.8, 4) is 0 Å². The largest absolute Gasteiger partial charge is 0.396 e. The van der Waals surface area contributed by atoms with Crippen molar-refractivity contribution >= 4 is 23.4 Å². The topological polar surface area (TPSA) is 83.8 Å². The number of amides is 1. The van der Waals surface area contributed by atoms with Gasteiger partial charge >= 0.3 is 0 Å². The smallest absolute Gasteiger partial charge is 0.271 e. The highest BCUT2D eigenvalue weighted by atomic mass is 32.2. The molecule has 15 heavy (non-hydrogen) atoms. The number of hydrogen-bond donors (Lipinski definition) is 3. The quantitative estimate of drug-likeness (QED) is 0.698. The summed E-state index contributed by atoms with van der Waals surface area (Å²) in [6, 6.07) is 0. The van der Waals surface area contributed by atoms with Gasteiger partial charge in [0, 0.05) is 11.8 Å². The summed E-state index contributed by atoms with van der Waals surface area (Å²) in [7, 11) is 0. The van der Waals surface area contributed by atoms with E-state index in [1.165, 1.54) is 6.20 Å². The fourth-order valence-corrected chi connectivity index (χ4v) is 1.43. The molecule has 0 aliphatic carbocycles. The molecule has 0 bridgehead atoms. The molecular weight excluding hydrogens is 212 g/mol. The van der Waals surface area contributed by atoms with Crippen molar-refractivity contribution < 1.29 is 4.79 Å². The molecule has 1 aromatic rings. The summed E-state index contributed by atoms with van der Waals surface area (Å²) in [5.74, 6) is -0.196. The van der Waals surface area contributed by atoms with Crippen molar-refractivity contribution in [2.24, 2.45) is 0 Å². The highest BCUT2D eigenvalue weighted by molar-refractivity contribution is 7.99. The third kappa shape index (κ3) is 3.47. The van der Waals surface area contributed by atoms with Gasteiger partial charge in [0.2, 0.25) is 0 Å². The number of nitrogens with zero attached hydrogens (tertiary/aromatic N) is 1. The number of H-pyrrole nitrogens is 1. The van der Waals surface area contributed by atoms with Crippen molar-refractivity contribution in [3.05, 3.63) is 11.9 Å². The lowest BCUT2D eigenvalue weighted by atomic mass is 10.3. The van der Waals surface area contributed by atoms with Crippen molar-refractivity contribution in [2.75, 3.05) is 18.5 Å². The summed E-state index contributed by atoms with van der Waals surface area (Å²) >= 11 is 1.78. The first-order chi connectivity index (χ1) is 7.15. The predicted octanol–water partition coefficient (Wildman–Crippen LogP) is 0.863. The second-order valence-corrected chi connectivity index (χ2v) is 4.57. The second kappa shape index (κ2) is 5.65. The minimum atomic E-state index is -0.196. The van der Waals surface area contributed by atoms with Crippen LogP contribution in [-0.2, 0) is 0 Å². The second-order valence-electron chi connectivity index (χ2n) is 3.29. The molecule has 0 radical (unpaired) electrons. The Morgan fingerprint density at radius 1 is 1.80 bits per heavy atom. The number of nitrogens with one attached hydrogen (secondary N) is 2. The molecule has 1 amide bonds. The maximum atomic E-state index is 11.5. The molecule has 0 aliphatic rings. The van der Waals surface area contributed by atoms with E-state index in [0.29, 0.717) is 23.2 Å². The third-order valence-electron chi connectivity index (χ3n) is 2.13. The van der Waals surface area contributed by atoms with Gasteiger partial charge in [-0.1, -0.05) is 6.92 Å². The van der Waals surface area contributed by atoms with Crippen LogP contribution in [0.5, 0.6) is 0 Å². The molecule has 0 saturated carbocycles. The molecule has 1 rings (SSSR count). The highest BCUT2D eigenvalue weighted by Gasteiger charge is 2.10. The number of aromatic amines is 1. The Morgan fingerprint density at radius 2 is 2.53 bits per heavy atom. The normalized spacial score (nSPS) is 12.4. The molecule has 0 spiro atoms. The highest BCUT2D eigenvalue weighted by Crippen LogP contribution is 2.09. The first kappa shape index (κ1) is 11.9. The minimum Gasteiger partial charge on any atom is -0.396 e. The van der Waals surface area contributed by atoms with E-state index >= 15 is 0 Å². The van der Waals surface area contributed by atoms with Gasteiger partial charge in [0.05, 0.1) is 11.9 Å². The molecule has 1 atom stereocenters. The molecule has 1 aromatic heterocycles. The van der Waals surface area contributed by atoms with Crippen molar-refractivity contribution in [2.45, 2.75) is 18.6 Å². The molecule has 5 nitrogen and oxygen atoms in total. The van der Waals surface area contributed by atoms with Crippen molar-refractivity contribution in [1.82, 2.24) is 15.5 Å². The Bertz CT molecular complexity index is 326. The molecule has 0 fully saturated rings. The number of carbonyl (C=O) groups excluding carboxylic acids is 1. The van der Waals surface area contributed by atoms with E-state index in [1.54, 1.807) is 11.8 Å². The standard InChI is InChI=1S/C9H16N4OS/c1-6(15-2)3-4-11-9(14)8-7(10)5-12-13-8/h5-6H,3-4,10H2,1-2H3,(H,11,14)(H,12,13). The van der Waals surface area contributed by atoms with E-state index in [4.69, 9.17) is 5.73 Å². The Labute approximate surface area is 93.2 Å². The molecule has 4 N–H and O–H groups in total. The van der Waals surface area contributed by atoms with E-state index < -0.39 is 0 Å². The van der Waals surface area contributed by atoms with Crippen LogP contribution in [0.1, 0.15) is 23.8 Å². The van der Waals surface area contributed by atoms with Gasteiger partial charge in [0.25, 0.3) is 5.91 Å². The van der Waals surface area contributed by atoms with Crippen LogP contribution in [0.3, 0.4) is 0 Å². The fourth-order valence-electron chi connectivity index (χ4n) is 1.07. The molecular formula is C9H16N4OS. The van der Waals surface area contributed by atoms with E-state index in [9.17, 15) is 4.79 Å². The van der Waals surface area contributed by atoms with E-state index in [0.717, 1.165) is 6.42 Å². The van der Waals surface area contributed by atoms with Crippen LogP contribution in [0, 0.1) is 0 Å². The van der Waals surface area contributed by atoms with Crippen LogP contribution in [0.25, 0.3) is 0 Å². The van der Waals surface area contributed by atoms with Crippen LogP contribution < -0.4 is 11.1 Å². The first-order valence-electron chi connectivity index (χ1n) is 4.75. The predicted molar refractivity (Wildman–Crippen MR) is 62.9 cm³/mol. The number of anilines is 1. The molecule has 1 unspecified atom stereocenters. The van der Waals surface area contributed by atoms with Crippen molar-refractivity contribution in [3.63, 3.8) is 0 Å². The van der Waals surface area contributed by atoms with E-state index in [1.807, 2.05) is 0 Å². The average molecular weight is 228 g/mol. The van der Waals surface area contributed by atoms with E-state index in [-0.39, 0.29) is 5.91 Å². The van der Waals surface area contributed by atoms with Gasteiger partial charge in [-0.2, -0.15) is 16.9 Å². The molecule has 84 valence electrons. The zero-order valence-corrected chi connectivity index (χ0v) is 9.73. The zero-order valence-electron chi connectivity index (χ0n) is 8.91. The number of rotatable bonds is 5. The first-order valence-corrected chi connectivity index (χ1v) is 6.03.